The molecule has 4 aromatic rings. The van der Waals surface area contributed by atoms with Crippen LogP contribution in [0.15, 0.2) is 54.9 Å². The van der Waals surface area contributed by atoms with E-state index in [1.54, 1.807) is 25.6 Å². The average molecular weight is 454 g/mol. The van der Waals surface area contributed by atoms with E-state index in [2.05, 4.69) is 15.2 Å². The number of hydrogen-bond donors (Lipinski definition) is 1. The molecule has 6 nitrogen and oxygen atoms in total. The van der Waals surface area contributed by atoms with E-state index in [4.69, 9.17) is 33.0 Å². The number of nitrogens with zero attached hydrogens (tertiary/aromatic N) is 3. The summed E-state index contributed by atoms with van der Waals surface area (Å²) in [6.45, 7) is 0. The largest absolute Gasteiger partial charge is 0.497 e. The van der Waals surface area contributed by atoms with Gasteiger partial charge in [0.25, 0.3) is 0 Å². The number of halogens is 2. The molecule has 2 aromatic heterocycles. The van der Waals surface area contributed by atoms with Crippen LogP contribution in [0.1, 0.15) is 16.8 Å². The number of hydrogen-bond acceptors (Lipinski definition) is 5. The van der Waals surface area contributed by atoms with E-state index in [1.807, 2.05) is 36.4 Å². The molecule has 0 fully saturated rings. The molecule has 0 unspecified atom stereocenters. The van der Waals surface area contributed by atoms with E-state index in [-0.39, 0.29) is 6.42 Å². The van der Waals surface area contributed by atoms with Crippen molar-refractivity contribution in [3.8, 4) is 17.0 Å². The van der Waals surface area contributed by atoms with E-state index in [0.29, 0.717) is 39.2 Å². The first-order valence-corrected chi connectivity index (χ1v) is 10.1. The van der Waals surface area contributed by atoms with Gasteiger partial charge in [0.15, 0.2) is 0 Å². The molecule has 1 N–H and O–H groups in total. The first kappa shape index (κ1) is 21.0. The van der Waals surface area contributed by atoms with Crippen LogP contribution < -0.4 is 4.74 Å². The van der Waals surface area contributed by atoms with Crippen LogP contribution in [0.5, 0.6) is 5.75 Å². The standard InChI is InChI=1S/C23H17Cl2N3O3/c1-31-15-5-6-16-17(9-15)23(14-4-2-3-13(7-14)8-22(29)30)28-27-21(16)10-18-19(24)11-26-12-20(18)25/h2-7,9,11-12H,8,10H2,1H3,(H,29,30). The average Bonchev–Trinajstić information content (AvgIpc) is 2.75. The Morgan fingerprint density at radius 2 is 1.81 bits per heavy atom. The fraction of sp³-hybridized carbons (Fsp3) is 0.130. The van der Waals surface area contributed by atoms with Gasteiger partial charge in [-0.25, -0.2) is 0 Å². The van der Waals surface area contributed by atoms with Crippen LogP contribution >= 0.6 is 23.2 Å². The van der Waals surface area contributed by atoms with E-state index in [9.17, 15) is 4.79 Å². The molecule has 0 radical (unpaired) electrons. The molecule has 0 saturated heterocycles. The van der Waals surface area contributed by atoms with Crippen LogP contribution in [0.3, 0.4) is 0 Å². The number of methoxy groups -OCH3 is 1. The smallest absolute Gasteiger partial charge is 0.307 e. The molecule has 0 aliphatic carbocycles. The molecule has 2 aromatic carbocycles. The molecule has 0 aliphatic heterocycles. The first-order valence-electron chi connectivity index (χ1n) is 9.38. The number of carboxylic acids is 1. The van der Waals surface area contributed by atoms with Crippen molar-refractivity contribution in [2.45, 2.75) is 12.8 Å². The highest BCUT2D eigenvalue weighted by Crippen LogP contribution is 2.33. The van der Waals surface area contributed by atoms with Crippen molar-refractivity contribution < 1.29 is 14.6 Å². The molecule has 0 saturated carbocycles. The van der Waals surface area contributed by atoms with Crippen molar-refractivity contribution in [1.82, 2.24) is 15.2 Å². The molecule has 156 valence electrons. The number of pyridine rings is 1. The van der Waals surface area contributed by atoms with Crippen LogP contribution in [0.2, 0.25) is 10.0 Å². The van der Waals surface area contributed by atoms with Crippen LogP contribution in [-0.4, -0.2) is 33.4 Å². The molecule has 0 bridgehead atoms. The summed E-state index contributed by atoms with van der Waals surface area (Å²) < 4.78 is 5.41. The quantitative estimate of drug-likeness (QED) is 0.430. The van der Waals surface area contributed by atoms with Crippen molar-refractivity contribution in [2.24, 2.45) is 0 Å². The molecular weight excluding hydrogens is 437 g/mol. The van der Waals surface area contributed by atoms with Crippen molar-refractivity contribution in [3.63, 3.8) is 0 Å². The lowest BCUT2D eigenvalue weighted by molar-refractivity contribution is -0.136. The second-order valence-electron chi connectivity index (χ2n) is 6.94. The van der Waals surface area contributed by atoms with Gasteiger partial charge < -0.3 is 9.84 Å². The molecule has 8 heteroatoms. The van der Waals surface area contributed by atoms with Crippen molar-refractivity contribution >= 4 is 39.9 Å². The lowest BCUT2D eigenvalue weighted by Gasteiger charge is -2.13. The topological polar surface area (TPSA) is 85.2 Å². The van der Waals surface area contributed by atoms with Crippen molar-refractivity contribution in [3.05, 3.63) is 81.7 Å². The van der Waals surface area contributed by atoms with Gasteiger partial charge in [-0.3, -0.25) is 9.78 Å². The molecule has 0 atom stereocenters. The summed E-state index contributed by atoms with van der Waals surface area (Å²) in [5.41, 5.74) is 3.52. The molecule has 0 aliphatic rings. The Morgan fingerprint density at radius 3 is 2.52 bits per heavy atom. The third-order valence-electron chi connectivity index (χ3n) is 4.92. The summed E-state index contributed by atoms with van der Waals surface area (Å²) in [5, 5.41) is 20.7. The van der Waals surface area contributed by atoms with Crippen LogP contribution in [0.25, 0.3) is 22.0 Å². The number of benzene rings is 2. The number of ether oxygens (including phenoxy) is 1. The minimum absolute atomic E-state index is 0.0698. The van der Waals surface area contributed by atoms with Crippen molar-refractivity contribution in [2.75, 3.05) is 7.11 Å². The SMILES string of the molecule is COc1ccc2c(Cc3c(Cl)cncc3Cl)nnc(-c3cccc(CC(=O)O)c3)c2c1. The summed E-state index contributed by atoms with van der Waals surface area (Å²) in [6, 6.07) is 12.9. The Morgan fingerprint density at radius 1 is 1.03 bits per heavy atom. The predicted molar refractivity (Wildman–Crippen MR) is 120 cm³/mol. The third kappa shape index (κ3) is 4.45. The molecule has 0 amide bonds. The van der Waals surface area contributed by atoms with Gasteiger partial charge in [0, 0.05) is 35.2 Å². The van der Waals surface area contributed by atoms with Gasteiger partial charge in [-0.05, 0) is 35.4 Å². The van der Waals surface area contributed by atoms with Gasteiger partial charge in [0.1, 0.15) is 11.4 Å². The maximum absolute atomic E-state index is 11.1. The first-order chi connectivity index (χ1) is 15.0. The number of fused-ring (bicyclic) bond motifs is 1. The third-order valence-corrected chi connectivity index (χ3v) is 5.57. The van der Waals surface area contributed by atoms with Gasteiger partial charge in [-0.15, -0.1) is 5.10 Å². The Labute approximate surface area is 188 Å². The molecule has 0 spiro atoms. The van der Waals surface area contributed by atoms with E-state index >= 15 is 0 Å². The second kappa shape index (κ2) is 8.88. The lowest BCUT2D eigenvalue weighted by Crippen LogP contribution is -2.02. The number of carbonyl (C=O) groups is 1. The summed E-state index contributed by atoms with van der Waals surface area (Å²) >= 11 is 12.6. The Balaban J connectivity index is 1.87. The van der Waals surface area contributed by atoms with E-state index in [0.717, 1.165) is 21.9 Å². The lowest BCUT2D eigenvalue weighted by atomic mass is 9.99. The molecule has 2 heterocycles. The van der Waals surface area contributed by atoms with Gasteiger partial charge in [-0.1, -0.05) is 41.4 Å². The zero-order valence-electron chi connectivity index (χ0n) is 16.5. The number of carboxylic acid groups (broad SMARTS) is 1. The fourth-order valence-corrected chi connectivity index (χ4v) is 3.94. The number of aliphatic carboxylic acids is 1. The minimum Gasteiger partial charge on any atom is -0.497 e. The Kier molecular flexibility index (Phi) is 6.02. The summed E-state index contributed by atoms with van der Waals surface area (Å²) in [6.07, 6.45) is 3.41. The maximum Gasteiger partial charge on any atom is 0.307 e. The summed E-state index contributed by atoms with van der Waals surface area (Å²) in [4.78, 5) is 15.1. The van der Waals surface area contributed by atoms with Crippen molar-refractivity contribution in [1.29, 1.82) is 0 Å². The Bertz CT molecular complexity index is 1270. The highest BCUT2D eigenvalue weighted by atomic mass is 35.5. The zero-order valence-corrected chi connectivity index (χ0v) is 18.0. The van der Waals surface area contributed by atoms with E-state index < -0.39 is 5.97 Å². The van der Waals surface area contributed by atoms with Gasteiger partial charge in [-0.2, -0.15) is 5.10 Å². The molecule has 4 rings (SSSR count). The predicted octanol–water partition coefficient (Wildman–Crippen LogP) is 5.23. The number of rotatable bonds is 6. The highest BCUT2D eigenvalue weighted by Gasteiger charge is 2.16. The summed E-state index contributed by atoms with van der Waals surface area (Å²) in [7, 11) is 1.60. The molecular formula is C23H17Cl2N3O3. The maximum atomic E-state index is 11.1. The Hall–Kier alpha value is -3.22. The van der Waals surface area contributed by atoms with E-state index in [1.165, 1.54) is 0 Å². The van der Waals surface area contributed by atoms with Crippen LogP contribution in [0.4, 0.5) is 0 Å². The van der Waals surface area contributed by atoms with Crippen LogP contribution in [-0.2, 0) is 17.6 Å². The zero-order chi connectivity index (χ0) is 22.0. The fourth-order valence-electron chi connectivity index (χ4n) is 3.44. The monoisotopic (exact) mass is 453 g/mol. The summed E-state index contributed by atoms with van der Waals surface area (Å²) in [5.74, 6) is -0.217. The van der Waals surface area contributed by atoms with Crippen LogP contribution in [0, 0.1) is 0 Å². The molecule has 31 heavy (non-hydrogen) atoms. The van der Waals surface area contributed by atoms with Gasteiger partial charge in [0.2, 0.25) is 0 Å². The highest BCUT2D eigenvalue weighted by molar-refractivity contribution is 6.35. The minimum atomic E-state index is -0.892. The van der Waals surface area contributed by atoms with Gasteiger partial charge >= 0.3 is 5.97 Å². The van der Waals surface area contributed by atoms with Gasteiger partial charge in [0.05, 0.1) is 29.3 Å². The second-order valence-corrected chi connectivity index (χ2v) is 7.75. The normalized spacial score (nSPS) is 10.9. The number of aromatic nitrogens is 3.